The standard InChI is InChI=1S/C12H21N3OS/c1-9(10(16)13-2)14-11-15-12(8-17-11)6-4-3-5-7-12/h9H,3-8H2,1-2H3,(H,13,16)(H,14,15). The van der Waals surface area contributed by atoms with Gasteiger partial charge in [-0.1, -0.05) is 31.0 Å². The number of likely N-dealkylation sites (N-methyl/N-ethyl adjacent to an activating group) is 1. The zero-order valence-electron chi connectivity index (χ0n) is 10.6. The molecule has 96 valence electrons. The fraction of sp³-hybridized carbons (Fsp3) is 0.833. The van der Waals surface area contributed by atoms with E-state index in [4.69, 9.17) is 0 Å². The lowest BCUT2D eigenvalue weighted by Gasteiger charge is -2.32. The number of nitrogens with one attached hydrogen (secondary N) is 2. The van der Waals surface area contributed by atoms with Gasteiger partial charge in [0.05, 0.1) is 0 Å². The lowest BCUT2D eigenvalue weighted by atomic mass is 9.83. The van der Waals surface area contributed by atoms with Crippen LogP contribution in [0.5, 0.6) is 0 Å². The molecule has 17 heavy (non-hydrogen) atoms. The molecule has 1 saturated heterocycles. The van der Waals surface area contributed by atoms with Gasteiger partial charge in [-0.25, -0.2) is 4.99 Å². The van der Waals surface area contributed by atoms with Crippen molar-refractivity contribution < 1.29 is 4.79 Å². The first-order valence-electron chi connectivity index (χ1n) is 6.36. The highest BCUT2D eigenvalue weighted by molar-refractivity contribution is 8.14. The molecule has 0 aromatic heterocycles. The maximum atomic E-state index is 11.4. The van der Waals surface area contributed by atoms with Crippen LogP contribution in [0.1, 0.15) is 39.0 Å². The highest BCUT2D eigenvalue weighted by atomic mass is 32.2. The smallest absolute Gasteiger partial charge is 0.244 e. The first kappa shape index (κ1) is 12.7. The topological polar surface area (TPSA) is 53.5 Å². The van der Waals surface area contributed by atoms with Gasteiger partial charge < -0.3 is 10.6 Å². The van der Waals surface area contributed by atoms with Gasteiger partial charge in [-0.3, -0.25) is 4.79 Å². The van der Waals surface area contributed by atoms with E-state index in [2.05, 4.69) is 15.6 Å². The molecule has 0 radical (unpaired) electrons. The predicted molar refractivity (Wildman–Crippen MR) is 72.4 cm³/mol. The average Bonchev–Trinajstić information content (AvgIpc) is 2.72. The van der Waals surface area contributed by atoms with Gasteiger partial charge >= 0.3 is 0 Å². The van der Waals surface area contributed by atoms with E-state index in [-0.39, 0.29) is 17.5 Å². The summed E-state index contributed by atoms with van der Waals surface area (Å²) in [5.41, 5.74) is 0.268. The minimum Gasteiger partial charge on any atom is -0.359 e. The Labute approximate surface area is 107 Å². The molecule has 1 aliphatic carbocycles. The molecule has 1 saturated carbocycles. The molecule has 1 amide bonds. The number of hydrogen-bond donors (Lipinski definition) is 2. The highest BCUT2D eigenvalue weighted by Gasteiger charge is 2.38. The Morgan fingerprint density at radius 2 is 2.18 bits per heavy atom. The Kier molecular flexibility index (Phi) is 3.97. The van der Waals surface area contributed by atoms with E-state index in [1.807, 2.05) is 6.92 Å². The Morgan fingerprint density at radius 1 is 1.47 bits per heavy atom. The summed E-state index contributed by atoms with van der Waals surface area (Å²) in [5, 5.41) is 7.12. The van der Waals surface area contributed by atoms with Crippen molar-refractivity contribution in [2.24, 2.45) is 4.99 Å². The molecule has 1 aliphatic heterocycles. The molecule has 0 aromatic rings. The van der Waals surface area contributed by atoms with E-state index in [0.717, 1.165) is 10.9 Å². The molecule has 2 fully saturated rings. The van der Waals surface area contributed by atoms with Crippen molar-refractivity contribution in [2.45, 2.75) is 50.6 Å². The zero-order valence-corrected chi connectivity index (χ0v) is 11.4. The number of aliphatic imine (C=N–C) groups is 1. The molecule has 1 atom stereocenters. The summed E-state index contributed by atoms with van der Waals surface area (Å²) in [6, 6.07) is -0.297. The molecule has 2 aliphatic rings. The summed E-state index contributed by atoms with van der Waals surface area (Å²) in [6.45, 7) is 1.83. The first-order valence-corrected chi connectivity index (χ1v) is 7.34. The third-order valence-electron chi connectivity index (χ3n) is 3.60. The second-order valence-electron chi connectivity index (χ2n) is 4.98. The lowest BCUT2D eigenvalue weighted by molar-refractivity contribution is -0.121. The minimum atomic E-state index is -0.297. The second kappa shape index (κ2) is 5.29. The Balaban J connectivity index is 1.96. The van der Waals surface area contributed by atoms with Crippen LogP contribution in [0.3, 0.4) is 0 Å². The van der Waals surface area contributed by atoms with E-state index in [9.17, 15) is 4.79 Å². The maximum Gasteiger partial charge on any atom is 0.244 e. The molecular weight excluding hydrogens is 234 g/mol. The number of rotatable bonds is 2. The third-order valence-corrected chi connectivity index (χ3v) is 4.78. The number of carbonyl (C=O) groups is 1. The van der Waals surface area contributed by atoms with Crippen LogP contribution in [0.4, 0.5) is 0 Å². The van der Waals surface area contributed by atoms with E-state index < -0.39 is 0 Å². The molecule has 2 rings (SSSR count). The van der Waals surface area contributed by atoms with Crippen LogP contribution < -0.4 is 10.6 Å². The zero-order chi connectivity index (χ0) is 12.3. The second-order valence-corrected chi connectivity index (χ2v) is 5.94. The Morgan fingerprint density at radius 3 is 2.82 bits per heavy atom. The van der Waals surface area contributed by atoms with Crippen LogP contribution in [0.25, 0.3) is 0 Å². The third kappa shape index (κ3) is 2.94. The van der Waals surface area contributed by atoms with Crippen LogP contribution >= 0.6 is 11.8 Å². The predicted octanol–water partition coefficient (Wildman–Crippen LogP) is 1.52. The SMILES string of the molecule is CNC(=O)C(C)N=C1NC2(CCCCC2)CS1. The van der Waals surface area contributed by atoms with Gasteiger partial charge in [-0.2, -0.15) is 0 Å². The Hall–Kier alpha value is -0.710. The molecule has 4 nitrogen and oxygen atoms in total. The van der Waals surface area contributed by atoms with Gasteiger partial charge in [-0.05, 0) is 19.8 Å². The summed E-state index contributed by atoms with van der Waals surface area (Å²) >= 11 is 1.76. The van der Waals surface area contributed by atoms with Crippen molar-refractivity contribution in [3.05, 3.63) is 0 Å². The number of amidine groups is 1. The first-order chi connectivity index (χ1) is 8.15. The fourth-order valence-corrected chi connectivity index (χ4v) is 3.81. The molecule has 2 N–H and O–H groups in total. The van der Waals surface area contributed by atoms with Crippen LogP contribution in [0.15, 0.2) is 4.99 Å². The normalized spacial score (nSPS) is 26.8. The van der Waals surface area contributed by atoms with Gasteiger partial charge in [0.25, 0.3) is 0 Å². The van der Waals surface area contributed by atoms with E-state index in [1.54, 1.807) is 18.8 Å². The van der Waals surface area contributed by atoms with Gasteiger partial charge in [-0.15, -0.1) is 0 Å². The van der Waals surface area contributed by atoms with Crippen LogP contribution in [-0.4, -0.2) is 35.5 Å². The summed E-state index contributed by atoms with van der Waals surface area (Å²) in [4.78, 5) is 15.9. The molecule has 1 heterocycles. The summed E-state index contributed by atoms with van der Waals surface area (Å²) < 4.78 is 0. The van der Waals surface area contributed by atoms with E-state index in [1.165, 1.54) is 32.1 Å². The van der Waals surface area contributed by atoms with Crippen molar-refractivity contribution in [2.75, 3.05) is 12.8 Å². The van der Waals surface area contributed by atoms with Crippen molar-refractivity contribution >= 4 is 22.8 Å². The maximum absolute atomic E-state index is 11.4. The van der Waals surface area contributed by atoms with Crippen molar-refractivity contribution in [1.29, 1.82) is 0 Å². The lowest BCUT2D eigenvalue weighted by Crippen LogP contribution is -2.45. The molecular formula is C12H21N3OS. The van der Waals surface area contributed by atoms with Crippen molar-refractivity contribution in [3.8, 4) is 0 Å². The van der Waals surface area contributed by atoms with Gasteiger partial charge in [0.15, 0.2) is 5.17 Å². The van der Waals surface area contributed by atoms with Gasteiger partial charge in [0.2, 0.25) is 5.91 Å². The quantitative estimate of drug-likeness (QED) is 0.786. The number of hydrogen-bond acceptors (Lipinski definition) is 3. The van der Waals surface area contributed by atoms with E-state index >= 15 is 0 Å². The van der Waals surface area contributed by atoms with Gasteiger partial charge in [0, 0.05) is 18.3 Å². The number of thioether (sulfide) groups is 1. The highest BCUT2D eigenvalue weighted by Crippen LogP contribution is 2.36. The average molecular weight is 255 g/mol. The number of carbonyl (C=O) groups excluding carboxylic acids is 1. The van der Waals surface area contributed by atoms with Crippen LogP contribution in [0.2, 0.25) is 0 Å². The minimum absolute atomic E-state index is 0.0236. The molecule has 0 aromatic carbocycles. The molecule has 1 spiro atoms. The largest absolute Gasteiger partial charge is 0.359 e. The van der Waals surface area contributed by atoms with Gasteiger partial charge in [0.1, 0.15) is 6.04 Å². The number of amides is 1. The molecule has 5 heteroatoms. The summed E-state index contributed by atoms with van der Waals surface area (Å²) in [5.74, 6) is 1.08. The Bertz CT molecular complexity index is 324. The summed E-state index contributed by atoms with van der Waals surface area (Å²) in [6.07, 6.45) is 6.47. The number of nitrogens with zero attached hydrogens (tertiary/aromatic N) is 1. The van der Waals surface area contributed by atoms with Crippen LogP contribution in [0, 0.1) is 0 Å². The van der Waals surface area contributed by atoms with E-state index in [0.29, 0.717) is 0 Å². The monoisotopic (exact) mass is 255 g/mol. The molecule has 1 unspecified atom stereocenters. The van der Waals surface area contributed by atoms with Crippen molar-refractivity contribution in [1.82, 2.24) is 10.6 Å². The summed E-state index contributed by atoms with van der Waals surface area (Å²) in [7, 11) is 1.65. The van der Waals surface area contributed by atoms with Crippen molar-refractivity contribution in [3.63, 3.8) is 0 Å². The fourth-order valence-electron chi connectivity index (χ4n) is 2.52. The van der Waals surface area contributed by atoms with Crippen LogP contribution in [-0.2, 0) is 4.79 Å². The molecule has 0 bridgehead atoms.